The maximum atomic E-state index is 11.9. The molecular weight excluding hydrogens is 470 g/mol. The first-order chi connectivity index (χ1) is 17.3. The molecule has 3 aromatic heterocycles. The van der Waals surface area contributed by atoms with Crippen LogP contribution in [0.25, 0.3) is 11.0 Å². The standard InChI is InChI=1S/C23H25N7O6/c1-12-8-16(29-36-12)10-24-20-19-18(25-22(26-20)27-23(32)35-5)13(2)28-30(19)11-15-7-6-14(21(31)34-4)9-17(15)33-3/h6-9H,10-11H2,1-5H3,(H2,24,25,26,27,32). The summed E-state index contributed by atoms with van der Waals surface area (Å²) in [7, 11) is 4.09. The van der Waals surface area contributed by atoms with E-state index in [2.05, 4.69) is 35.6 Å². The van der Waals surface area contributed by atoms with E-state index in [1.54, 1.807) is 42.8 Å². The Morgan fingerprint density at radius 3 is 2.56 bits per heavy atom. The fourth-order valence-electron chi connectivity index (χ4n) is 3.62. The molecule has 0 saturated carbocycles. The molecule has 0 unspecified atom stereocenters. The quantitative estimate of drug-likeness (QED) is 0.346. The molecule has 0 bridgehead atoms. The van der Waals surface area contributed by atoms with E-state index in [0.29, 0.717) is 58.4 Å². The Hall–Kier alpha value is -4.68. The summed E-state index contributed by atoms with van der Waals surface area (Å²) < 4.78 is 21.8. The van der Waals surface area contributed by atoms with Gasteiger partial charge in [0.15, 0.2) is 5.82 Å². The zero-order valence-corrected chi connectivity index (χ0v) is 20.4. The van der Waals surface area contributed by atoms with Crippen molar-refractivity contribution in [1.29, 1.82) is 0 Å². The normalized spacial score (nSPS) is 10.8. The van der Waals surface area contributed by atoms with Crippen molar-refractivity contribution in [3.8, 4) is 5.75 Å². The molecular formula is C23H25N7O6. The monoisotopic (exact) mass is 495 g/mol. The molecule has 0 spiro atoms. The van der Waals surface area contributed by atoms with Gasteiger partial charge in [-0.3, -0.25) is 10.00 Å². The number of ether oxygens (including phenoxy) is 3. The smallest absolute Gasteiger partial charge is 0.413 e. The lowest BCUT2D eigenvalue weighted by molar-refractivity contribution is 0.0600. The van der Waals surface area contributed by atoms with Crippen LogP contribution >= 0.6 is 0 Å². The summed E-state index contributed by atoms with van der Waals surface area (Å²) in [4.78, 5) is 32.6. The molecule has 0 radical (unpaired) electrons. The lowest BCUT2D eigenvalue weighted by atomic mass is 10.1. The fraction of sp³-hybridized carbons (Fsp3) is 0.304. The van der Waals surface area contributed by atoms with Crippen LogP contribution in [-0.4, -0.2) is 58.3 Å². The minimum Gasteiger partial charge on any atom is -0.496 e. The molecule has 1 amide bonds. The van der Waals surface area contributed by atoms with Crippen LogP contribution < -0.4 is 15.4 Å². The van der Waals surface area contributed by atoms with Gasteiger partial charge < -0.3 is 24.1 Å². The first kappa shape index (κ1) is 24.4. The van der Waals surface area contributed by atoms with Crippen LogP contribution in [0.5, 0.6) is 5.75 Å². The highest BCUT2D eigenvalue weighted by atomic mass is 16.5. The van der Waals surface area contributed by atoms with Gasteiger partial charge in [0, 0.05) is 11.6 Å². The van der Waals surface area contributed by atoms with Gasteiger partial charge in [-0.15, -0.1) is 0 Å². The second kappa shape index (κ2) is 10.3. The first-order valence-corrected chi connectivity index (χ1v) is 10.8. The van der Waals surface area contributed by atoms with E-state index in [4.69, 9.17) is 14.0 Å². The Kier molecular flexibility index (Phi) is 6.99. The number of rotatable bonds is 8. The van der Waals surface area contributed by atoms with Crippen molar-refractivity contribution in [2.75, 3.05) is 32.0 Å². The maximum absolute atomic E-state index is 11.9. The van der Waals surface area contributed by atoms with Gasteiger partial charge in [-0.2, -0.15) is 10.1 Å². The minimum absolute atomic E-state index is 0.0517. The van der Waals surface area contributed by atoms with Gasteiger partial charge in [0.05, 0.1) is 45.7 Å². The average Bonchev–Trinajstić information content (AvgIpc) is 3.44. The molecule has 4 rings (SSSR count). The Labute approximate surface area is 205 Å². The van der Waals surface area contributed by atoms with E-state index >= 15 is 0 Å². The number of aryl methyl sites for hydroxylation is 2. The molecule has 13 nitrogen and oxygen atoms in total. The number of nitrogens with one attached hydrogen (secondary N) is 2. The van der Waals surface area contributed by atoms with Gasteiger partial charge in [0.25, 0.3) is 0 Å². The molecule has 13 heteroatoms. The Morgan fingerprint density at radius 1 is 1.08 bits per heavy atom. The molecule has 0 atom stereocenters. The SMILES string of the molecule is COC(=O)Nc1nc(NCc2cc(C)on2)c2c(n1)c(C)nn2Cc1ccc(C(=O)OC)cc1OC. The molecule has 0 aliphatic heterocycles. The van der Waals surface area contributed by atoms with Crippen molar-refractivity contribution < 1.29 is 28.3 Å². The summed E-state index contributed by atoms with van der Waals surface area (Å²) in [5.41, 5.74) is 3.55. The lowest BCUT2D eigenvalue weighted by Gasteiger charge is -2.13. The number of hydrogen-bond donors (Lipinski definition) is 2. The third-order valence-corrected chi connectivity index (χ3v) is 5.30. The topological polar surface area (TPSA) is 156 Å². The summed E-state index contributed by atoms with van der Waals surface area (Å²) in [6.45, 7) is 4.20. The van der Waals surface area contributed by atoms with Crippen molar-refractivity contribution in [2.24, 2.45) is 0 Å². The summed E-state index contributed by atoms with van der Waals surface area (Å²) in [5.74, 6) is 1.18. The molecule has 188 valence electrons. The number of amides is 1. The highest BCUT2D eigenvalue weighted by Crippen LogP contribution is 2.28. The number of carbonyl (C=O) groups excluding carboxylic acids is 2. The zero-order valence-electron chi connectivity index (χ0n) is 20.4. The van der Waals surface area contributed by atoms with Crippen LogP contribution in [0.15, 0.2) is 28.8 Å². The molecule has 0 fully saturated rings. The van der Waals surface area contributed by atoms with E-state index in [0.717, 1.165) is 5.56 Å². The maximum Gasteiger partial charge on any atom is 0.413 e. The predicted octanol–water partition coefficient (Wildman–Crippen LogP) is 3.07. The number of anilines is 2. The number of methoxy groups -OCH3 is 3. The molecule has 3 heterocycles. The second-order valence-electron chi connectivity index (χ2n) is 7.75. The van der Waals surface area contributed by atoms with Crippen molar-refractivity contribution in [3.05, 3.63) is 52.5 Å². The largest absolute Gasteiger partial charge is 0.496 e. The van der Waals surface area contributed by atoms with Gasteiger partial charge in [-0.05, 0) is 26.0 Å². The van der Waals surface area contributed by atoms with Crippen molar-refractivity contribution >= 4 is 34.9 Å². The van der Waals surface area contributed by atoms with Gasteiger partial charge in [-0.25, -0.2) is 14.6 Å². The van der Waals surface area contributed by atoms with E-state index in [9.17, 15) is 9.59 Å². The highest BCUT2D eigenvalue weighted by Gasteiger charge is 2.20. The Morgan fingerprint density at radius 2 is 1.89 bits per heavy atom. The predicted molar refractivity (Wildman–Crippen MR) is 128 cm³/mol. The molecule has 4 aromatic rings. The van der Waals surface area contributed by atoms with E-state index in [1.165, 1.54) is 21.3 Å². The molecule has 0 aliphatic rings. The van der Waals surface area contributed by atoms with E-state index in [1.807, 2.05) is 0 Å². The number of aromatic nitrogens is 5. The summed E-state index contributed by atoms with van der Waals surface area (Å²) in [5, 5.41) is 14.4. The zero-order chi connectivity index (χ0) is 25.8. The Bertz CT molecular complexity index is 1430. The van der Waals surface area contributed by atoms with E-state index in [-0.39, 0.29) is 5.95 Å². The molecule has 0 aliphatic carbocycles. The van der Waals surface area contributed by atoms with Crippen molar-refractivity contribution in [3.63, 3.8) is 0 Å². The van der Waals surface area contributed by atoms with Gasteiger partial charge in [0.1, 0.15) is 28.2 Å². The summed E-state index contributed by atoms with van der Waals surface area (Å²) >= 11 is 0. The Balaban J connectivity index is 1.76. The van der Waals surface area contributed by atoms with E-state index < -0.39 is 12.1 Å². The van der Waals surface area contributed by atoms with Crippen molar-refractivity contribution in [1.82, 2.24) is 24.9 Å². The lowest BCUT2D eigenvalue weighted by Crippen LogP contribution is -2.15. The van der Waals surface area contributed by atoms with Crippen LogP contribution in [0.4, 0.5) is 16.6 Å². The molecule has 2 N–H and O–H groups in total. The van der Waals surface area contributed by atoms with Crippen LogP contribution in [0, 0.1) is 13.8 Å². The van der Waals surface area contributed by atoms with Crippen LogP contribution in [0.3, 0.4) is 0 Å². The number of esters is 1. The molecule has 0 saturated heterocycles. The van der Waals surface area contributed by atoms with Crippen LogP contribution in [-0.2, 0) is 22.6 Å². The third-order valence-electron chi connectivity index (χ3n) is 5.30. The summed E-state index contributed by atoms with van der Waals surface area (Å²) in [6.07, 6.45) is -0.701. The number of benzene rings is 1. The minimum atomic E-state index is -0.701. The number of nitrogens with zero attached hydrogens (tertiary/aromatic N) is 5. The first-order valence-electron chi connectivity index (χ1n) is 10.8. The van der Waals surface area contributed by atoms with Crippen LogP contribution in [0.1, 0.15) is 33.1 Å². The van der Waals surface area contributed by atoms with Crippen LogP contribution in [0.2, 0.25) is 0 Å². The highest BCUT2D eigenvalue weighted by molar-refractivity contribution is 5.91. The second-order valence-corrected chi connectivity index (χ2v) is 7.75. The molecule has 1 aromatic carbocycles. The third kappa shape index (κ3) is 5.04. The van der Waals surface area contributed by atoms with Crippen molar-refractivity contribution in [2.45, 2.75) is 26.9 Å². The average molecular weight is 495 g/mol. The van der Waals surface area contributed by atoms with Gasteiger partial charge >= 0.3 is 12.1 Å². The summed E-state index contributed by atoms with van der Waals surface area (Å²) in [6, 6.07) is 6.84. The fourth-order valence-corrected chi connectivity index (χ4v) is 3.62. The number of carbonyl (C=O) groups is 2. The molecule has 36 heavy (non-hydrogen) atoms. The van der Waals surface area contributed by atoms with Gasteiger partial charge in [0.2, 0.25) is 5.95 Å². The number of hydrogen-bond acceptors (Lipinski definition) is 11. The van der Waals surface area contributed by atoms with Gasteiger partial charge in [-0.1, -0.05) is 11.2 Å². The number of fused-ring (bicyclic) bond motifs is 1.